The summed E-state index contributed by atoms with van der Waals surface area (Å²) < 4.78 is 18.6. The number of rotatable bonds is 1. The zero-order valence-electron chi connectivity index (χ0n) is 13.0. The zero-order chi connectivity index (χ0) is 15.6. The molecule has 0 aromatic heterocycles. The molecule has 1 saturated heterocycles. The number of halogens is 1. The Kier molecular flexibility index (Phi) is 4.52. The van der Waals surface area contributed by atoms with E-state index >= 15 is 0 Å². The van der Waals surface area contributed by atoms with Gasteiger partial charge in [-0.15, -0.1) is 0 Å². The van der Waals surface area contributed by atoms with E-state index < -0.39 is 5.60 Å². The maximum Gasteiger partial charge on any atom is 0.410 e. The highest BCUT2D eigenvalue weighted by Crippen LogP contribution is 2.26. The number of benzene rings is 1. The number of carbonyl (C=O) groups excluding carboxylic acids is 1. The molecular weight excluding hydrogens is 271 g/mol. The van der Waals surface area contributed by atoms with Crippen LogP contribution in [0.2, 0.25) is 0 Å². The highest BCUT2D eigenvalue weighted by Gasteiger charge is 2.33. The van der Waals surface area contributed by atoms with Crippen molar-refractivity contribution in [1.82, 2.24) is 10.2 Å². The van der Waals surface area contributed by atoms with Crippen LogP contribution in [0.4, 0.5) is 9.18 Å². The third kappa shape index (κ3) is 4.17. The number of nitrogens with one attached hydrogen (secondary N) is 1. The van der Waals surface area contributed by atoms with Gasteiger partial charge in [-0.3, -0.25) is 4.90 Å². The molecule has 4 nitrogen and oxygen atoms in total. The first-order valence-electron chi connectivity index (χ1n) is 7.25. The van der Waals surface area contributed by atoms with E-state index in [2.05, 4.69) is 5.32 Å². The van der Waals surface area contributed by atoms with Gasteiger partial charge in [-0.2, -0.15) is 0 Å². The molecule has 1 aromatic rings. The Bertz CT molecular complexity index is 496. The third-order valence-electron chi connectivity index (χ3n) is 3.39. The number of amides is 1. The molecule has 0 bridgehead atoms. The van der Waals surface area contributed by atoms with Crippen LogP contribution in [0.15, 0.2) is 24.3 Å². The van der Waals surface area contributed by atoms with Crippen LogP contribution in [0.1, 0.15) is 39.3 Å². The lowest BCUT2D eigenvalue weighted by Gasteiger charge is -2.40. The predicted molar refractivity (Wildman–Crippen MR) is 79.5 cm³/mol. The van der Waals surface area contributed by atoms with E-state index in [9.17, 15) is 9.18 Å². The molecule has 2 unspecified atom stereocenters. The number of piperazine rings is 1. The minimum Gasteiger partial charge on any atom is -0.444 e. The first kappa shape index (κ1) is 15.8. The van der Waals surface area contributed by atoms with Crippen LogP contribution in [0, 0.1) is 5.82 Å². The van der Waals surface area contributed by atoms with Crippen molar-refractivity contribution in [1.29, 1.82) is 0 Å². The van der Waals surface area contributed by atoms with Crippen molar-refractivity contribution in [2.75, 3.05) is 13.1 Å². The van der Waals surface area contributed by atoms with Gasteiger partial charge in [-0.1, -0.05) is 12.1 Å². The van der Waals surface area contributed by atoms with Gasteiger partial charge in [0.2, 0.25) is 0 Å². The van der Waals surface area contributed by atoms with Gasteiger partial charge >= 0.3 is 6.09 Å². The minimum atomic E-state index is -0.529. The second-order valence-corrected chi connectivity index (χ2v) is 6.51. The summed E-state index contributed by atoms with van der Waals surface area (Å²) in [5, 5.41) is 3.35. The predicted octanol–water partition coefficient (Wildman–Crippen LogP) is 3.10. The fraction of sp³-hybridized carbons (Fsp3) is 0.562. The van der Waals surface area contributed by atoms with Crippen LogP contribution in [-0.4, -0.2) is 35.7 Å². The van der Waals surface area contributed by atoms with E-state index in [1.165, 1.54) is 12.1 Å². The molecule has 1 aliphatic heterocycles. The molecule has 1 amide bonds. The molecule has 1 aliphatic rings. The van der Waals surface area contributed by atoms with Crippen LogP contribution in [0.25, 0.3) is 0 Å². The Morgan fingerprint density at radius 2 is 1.95 bits per heavy atom. The lowest BCUT2D eigenvalue weighted by molar-refractivity contribution is 0.00787. The lowest BCUT2D eigenvalue weighted by Crippen LogP contribution is -2.54. The fourth-order valence-electron chi connectivity index (χ4n) is 2.41. The number of carbonyl (C=O) groups is 1. The molecule has 2 rings (SSSR count). The van der Waals surface area contributed by atoms with E-state index in [1.54, 1.807) is 17.0 Å². The highest BCUT2D eigenvalue weighted by molar-refractivity contribution is 5.69. The van der Waals surface area contributed by atoms with Crippen molar-refractivity contribution in [3.05, 3.63) is 35.6 Å². The average Bonchev–Trinajstić information content (AvgIpc) is 2.38. The molecule has 0 spiro atoms. The summed E-state index contributed by atoms with van der Waals surface area (Å²) in [5.41, 5.74) is 0.375. The second-order valence-electron chi connectivity index (χ2n) is 6.51. The highest BCUT2D eigenvalue weighted by atomic mass is 19.1. The van der Waals surface area contributed by atoms with Crippen molar-refractivity contribution < 1.29 is 13.9 Å². The van der Waals surface area contributed by atoms with Gasteiger partial charge < -0.3 is 10.1 Å². The first-order valence-corrected chi connectivity index (χ1v) is 7.25. The number of hydrogen-bond acceptors (Lipinski definition) is 3. The second kappa shape index (κ2) is 6.02. The minimum absolute atomic E-state index is 0.142. The molecule has 1 aromatic carbocycles. The molecule has 21 heavy (non-hydrogen) atoms. The number of hydrogen-bond donors (Lipinski definition) is 1. The van der Waals surface area contributed by atoms with Gasteiger partial charge in [-0.05, 0) is 45.4 Å². The zero-order valence-corrected chi connectivity index (χ0v) is 13.0. The fourth-order valence-corrected chi connectivity index (χ4v) is 2.41. The maximum atomic E-state index is 13.1. The lowest BCUT2D eigenvalue weighted by atomic mass is 10.0. The molecule has 1 fully saturated rings. The van der Waals surface area contributed by atoms with Crippen molar-refractivity contribution in [3.63, 3.8) is 0 Å². The standard InChI is InChI=1S/C16H23FN2O2/c1-11-10-19(15(20)21-16(2,3)4)14(9-18-11)12-5-7-13(17)8-6-12/h5-8,11,14,18H,9-10H2,1-4H3. The monoisotopic (exact) mass is 294 g/mol. The molecular formula is C16H23FN2O2. The topological polar surface area (TPSA) is 41.6 Å². The summed E-state index contributed by atoms with van der Waals surface area (Å²) in [5.74, 6) is -0.278. The number of ether oxygens (including phenoxy) is 1. The molecule has 2 atom stereocenters. The summed E-state index contributed by atoms with van der Waals surface area (Å²) in [6.45, 7) is 8.78. The summed E-state index contributed by atoms with van der Waals surface area (Å²) in [6.07, 6.45) is -0.329. The van der Waals surface area contributed by atoms with Crippen molar-refractivity contribution >= 4 is 6.09 Å². The van der Waals surface area contributed by atoms with E-state index in [0.717, 1.165) is 5.56 Å². The van der Waals surface area contributed by atoms with E-state index in [1.807, 2.05) is 27.7 Å². The first-order chi connectivity index (χ1) is 9.76. The van der Waals surface area contributed by atoms with E-state index in [0.29, 0.717) is 13.1 Å². The van der Waals surface area contributed by atoms with Crippen molar-refractivity contribution in [3.8, 4) is 0 Å². The summed E-state index contributed by atoms with van der Waals surface area (Å²) >= 11 is 0. The van der Waals surface area contributed by atoms with Crippen LogP contribution < -0.4 is 5.32 Å². The smallest absolute Gasteiger partial charge is 0.410 e. The van der Waals surface area contributed by atoms with Gasteiger partial charge in [0.25, 0.3) is 0 Å². The maximum absolute atomic E-state index is 13.1. The molecule has 116 valence electrons. The van der Waals surface area contributed by atoms with E-state index in [4.69, 9.17) is 4.74 Å². The van der Waals surface area contributed by atoms with Gasteiger partial charge in [0.15, 0.2) is 0 Å². The quantitative estimate of drug-likeness (QED) is 0.865. The third-order valence-corrected chi connectivity index (χ3v) is 3.39. The Balaban J connectivity index is 2.21. The van der Waals surface area contributed by atoms with Crippen LogP contribution in [0.5, 0.6) is 0 Å². The normalized spacial score (nSPS) is 23.0. The van der Waals surface area contributed by atoms with Gasteiger partial charge in [0, 0.05) is 19.1 Å². The molecule has 0 radical (unpaired) electrons. The molecule has 1 heterocycles. The molecule has 0 saturated carbocycles. The Hall–Kier alpha value is -1.62. The van der Waals surface area contributed by atoms with Gasteiger partial charge in [-0.25, -0.2) is 9.18 Å². The van der Waals surface area contributed by atoms with Crippen molar-refractivity contribution in [2.24, 2.45) is 0 Å². The Labute approximate surface area is 125 Å². The van der Waals surface area contributed by atoms with Crippen LogP contribution >= 0.6 is 0 Å². The largest absolute Gasteiger partial charge is 0.444 e. The van der Waals surface area contributed by atoms with Gasteiger partial charge in [0.1, 0.15) is 11.4 Å². The van der Waals surface area contributed by atoms with Crippen LogP contribution in [0.3, 0.4) is 0 Å². The average molecular weight is 294 g/mol. The van der Waals surface area contributed by atoms with E-state index in [-0.39, 0.29) is 24.0 Å². The van der Waals surface area contributed by atoms with Crippen LogP contribution in [-0.2, 0) is 4.74 Å². The molecule has 1 N–H and O–H groups in total. The number of nitrogens with zero attached hydrogens (tertiary/aromatic N) is 1. The summed E-state index contributed by atoms with van der Waals surface area (Å²) in [7, 11) is 0. The Morgan fingerprint density at radius 3 is 2.52 bits per heavy atom. The van der Waals surface area contributed by atoms with Crippen molar-refractivity contribution in [2.45, 2.75) is 45.4 Å². The molecule has 0 aliphatic carbocycles. The SMILES string of the molecule is CC1CN(C(=O)OC(C)(C)C)C(c2ccc(F)cc2)CN1. The van der Waals surface area contributed by atoms with Gasteiger partial charge in [0.05, 0.1) is 6.04 Å². The molecule has 5 heteroatoms. The summed E-state index contributed by atoms with van der Waals surface area (Å²) in [4.78, 5) is 14.1. The Morgan fingerprint density at radius 1 is 1.33 bits per heavy atom. The summed E-state index contributed by atoms with van der Waals surface area (Å²) in [6, 6.07) is 6.33.